The van der Waals surface area contributed by atoms with Crippen molar-refractivity contribution in [2.75, 3.05) is 0 Å². The van der Waals surface area contributed by atoms with E-state index in [1.807, 2.05) is 24.3 Å². The predicted molar refractivity (Wildman–Crippen MR) is 154 cm³/mol. The van der Waals surface area contributed by atoms with Gasteiger partial charge in [-0.2, -0.15) is 0 Å². The zero-order valence-electron chi connectivity index (χ0n) is 21.9. The van der Waals surface area contributed by atoms with Gasteiger partial charge < -0.3 is 0 Å². The van der Waals surface area contributed by atoms with Crippen LogP contribution < -0.4 is 22.2 Å². The maximum atomic E-state index is 13.1. The summed E-state index contributed by atoms with van der Waals surface area (Å²) in [6.07, 6.45) is 5.41. The molecule has 5 rings (SSSR count). The van der Waals surface area contributed by atoms with Crippen LogP contribution in [0.15, 0.2) is 79.8 Å². The normalized spacial score (nSPS) is 11.4. The Morgan fingerprint density at radius 1 is 0.500 bits per heavy atom. The number of hydrogen-bond acceptors (Lipinski definition) is 6. The monoisotopic (exact) mass is 536 g/mol. The summed E-state index contributed by atoms with van der Waals surface area (Å²) in [4.78, 5) is 74.7. The van der Waals surface area contributed by atoms with Crippen molar-refractivity contribution in [2.45, 2.75) is 51.6 Å². The topological polar surface area (TPSA) is 112 Å². The lowest BCUT2D eigenvalue weighted by Crippen LogP contribution is -2.26. The predicted octanol–water partition coefficient (Wildman–Crippen LogP) is 3.58. The van der Waals surface area contributed by atoms with Crippen molar-refractivity contribution in [2.24, 2.45) is 0 Å². The number of carbonyl (C=O) groups excluding carboxylic acids is 2. The molecule has 0 amide bonds. The number of rotatable bonds is 12. The van der Waals surface area contributed by atoms with Crippen LogP contribution in [-0.2, 0) is 25.9 Å². The van der Waals surface area contributed by atoms with Crippen LogP contribution in [0.5, 0.6) is 0 Å². The highest BCUT2D eigenvalue weighted by atomic mass is 16.2. The van der Waals surface area contributed by atoms with E-state index in [1.54, 1.807) is 24.3 Å². The van der Waals surface area contributed by atoms with Crippen molar-refractivity contribution < 1.29 is 9.59 Å². The molecule has 8 heteroatoms. The van der Waals surface area contributed by atoms with Crippen LogP contribution in [0.25, 0.3) is 21.5 Å². The van der Waals surface area contributed by atoms with Gasteiger partial charge in [-0.25, -0.2) is 0 Å². The molecule has 0 fully saturated rings. The van der Waals surface area contributed by atoms with Crippen LogP contribution in [0, 0.1) is 0 Å². The zero-order chi connectivity index (χ0) is 28.2. The van der Waals surface area contributed by atoms with Crippen molar-refractivity contribution in [3.05, 3.63) is 124 Å². The second kappa shape index (κ2) is 11.6. The number of nitrogens with zero attached hydrogens (tertiary/aromatic N) is 2. The molecule has 0 bridgehead atoms. The van der Waals surface area contributed by atoms with Gasteiger partial charge in [-0.3, -0.25) is 37.9 Å². The van der Waals surface area contributed by atoms with Crippen molar-refractivity contribution in [1.82, 2.24) is 9.13 Å². The fraction of sp³-hybridized carbons (Fsp3) is 0.250. The van der Waals surface area contributed by atoms with Crippen molar-refractivity contribution in [3.8, 4) is 0 Å². The molecule has 0 unspecified atom stereocenters. The van der Waals surface area contributed by atoms with Gasteiger partial charge in [-0.15, -0.1) is 0 Å². The standard InChI is InChI=1S/C32H28N2O6/c35-19-23-13-3-1-9-21(23)11-5-7-15-33-29(37)25-17-27-28(18-26(25)30(33)38)32(40)34(31(27)39)16-8-6-12-22-10-2-4-14-24(22)20-36/h1-4,9-10,13-14,17-20H,5-8,11-12,15-16H2. The van der Waals surface area contributed by atoms with Gasteiger partial charge in [0, 0.05) is 24.2 Å². The molecule has 0 aliphatic carbocycles. The lowest BCUT2D eigenvalue weighted by molar-refractivity contribution is 0.111. The smallest absolute Gasteiger partial charge is 0.261 e. The number of benzene rings is 3. The quantitative estimate of drug-likeness (QED) is 0.178. The van der Waals surface area contributed by atoms with E-state index >= 15 is 0 Å². The van der Waals surface area contributed by atoms with Gasteiger partial charge in [-0.1, -0.05) is 48.5 Å². The fourth-order valence-corrected chi connectivity index (χ4v) is 5.40. The molecule has 202 valence electrons. The number of aldehydes is 2. The Bertz CT molecular complexity index is 1720. The molecule has 2 heterocycles. The summed E-state index contributed by atoms with van der Waals surface area (Å²) in [6, 6.07) is 17.4. The third-order valence-corrected chi connectivity index (χ3v) is 7.58. The van der Waals surface area contributed by atoms with Crippen molar-refractivity contribution in [1.29, 1.82) is 0 Å². The zero-order valence-corrected chi connectivity index (χ0v) is 21.9. The molecule has 0 N–H and O–H groups in total. The van der Waals surface area contributed by atoms with E-state index < -0.39 is 22.2 Å². The van der Waals surface area contributed by atoms with E-state index in [4.69, 9.17) is 0 Å². The number of carbonyl (C=O) groups is 2. The summed E-state index contributed by atoms with van der Waals surface area (Å²) < 4.78 is 2.32. The van der Waals surface area contributed by atoms with Gasteiger partial charge in [0.2, 0.25) is 0 Å². The second-order valence-electron chi connectivity index (χ2n) is 10.0. The molecule has 2 aromatic heterocycles. The summed E-state index contributed by atoms with van der Waals surface area (Å²) in [5.74, 6) is 0. The van der Waals surface area contributed by atoms with Gasteiger partial charge in [0.25, 0.3) is 22.2 Å². The number of aryl methyl sites for hydroxylation is 2. The van der Waals surface area contributed by atoms with Gasteiger partial charge in [0.05, 0.1) is 21.5 Å². The maximum absolute atomic E-state index is 13.1. The van der Waals surface area contributed by atoms with E-state index in [0.29, 0.717) is 49.7 Å². The average Bonchev–Trinajstić information content (AvgIpc) is 3.36. The van der Waals surface area contributed by atoms with Gasteiger partial charge >= 0.3 is 0 Å². The molecule has 40 heavy (non-hydrogen) atoms. The van der Waals surface area contributed by atoms with Crippen LogP contribution in [0.1, 0.15) is 57.5 Å². The van der Waals surface area contributed by atoms with E-state index in [2.05, 4.69) is 0 Å². The van der Waals surface area contributed by atoms with Gasteiger partial charge in [0.1, 0.15) is 12.6 Å². The van der Waals surface area contributed by atoms with Crippen molar-refractivity contribution in [3.63, 3.8) is 0 Å². The molecular formula is C32H28N2O6. The fourth-order valence-electron chi connectivity index (χ4n) is 5.40. The highest BCUT2D eigenvalue weighted by Gasteiger charge is 2.19. The summed E-state index contributed by atoms with van der Waals surface area (Å²) in [7, 11) is 0. The van der Waals surface area contributed by atoms with Crippen LogP contribution in [0.2, 0.25) is 0 Å². The number of aromatic nitrogens is 2. The third-order valence-electron chi connectivity index (χ3n) is 7.58. The molecule has 0 saturated carbocycles. The molecule has 0 atom stereocenters. The minimum atomic E-state index is -0.469. The molecule has 0 aliphatic rings. The summed E-state index contributed by atoms with van der Waals surface area (Å²) in [6.45, 7) is 0.420. The van der Waals surface area contributed by atoms with E-state index in [-0.39, 0.29) is 34.6 Å². The van der Waals surface area contributed by atoms with Crippen molar-refractivity contribution >= 4 is 34.1 Å². The lowest BCUT2D eigenvalue weighted by atomic mass is 10.0. The Balaban J connectivity index is 1.31. The number of hydrogen-bond donors (Lipinski definition) is 0. The molecule has 8 nitrogen and oxygen atoms in total. The first-order valence-electron chi connectivity index (χ1n) is 13.4. The Kier molecular flexibility index (Phi) is 7.77. The average molecular weight is 537 g/mol. The number of unbranched alkanes of at least 4 members (excludes halogenated alkanes) is 2. The maximum Gasteiger partial charge on any atom is 0.261 e. The molecule has 3 aromatic carbocycles. The minimum Gasteiger partial charge on any atom is -0.298 e. The Labute approximate surface area is 228 Å². The van der Waals surface area contributed by atoms with E-state index in [9.17, 15) is 28.8 Å². The summed E-state index contributed by atoms with van der Waals surface area (Å²) >= 11 is 0. The Hall–Kier alpha value is -4.72. The van der Waals surface area contributed by atoms with Gasteiger partial charge in [-0.05, 0) is 61.8 Å². The highest BCUT2D eigenvalue weighted by molar-refractivity contribution is 5.97. The molecule has 0 spiro atoms. The Morgan fingerprint density at radius 3 is 1.20 bits per heavy atom. The molecular weight excluding hydrogens is 508 g/mol. The summed E-state index contributed by atoms with van der Waals surface area (Å²) in [5, 5.41) is 0.569. The first-order valence-corrected chi connectivity index (χ1v) is 13.4. The molecule has 5 aromatic rings. The van der Waals surface area contributed by atoms with Gasteiger partial charge in [0.15, 0.2) is 0 Å². The van der Waals surface area contributed by atoms with Crippen LogP contribution in [-0.4, -0.2) is 21.7 Å². The number of fused-ring (bicyclic) bond motifs is 2. The van der Waals surface area contributed by atoms with Crippen LogP contribution in [0.3, 0.4) is 0 Å². The first kappa shape index (κ1) is 26.9. The highest BCUT2D eigenvalue weighted by Crippen LogP contribution is 2.16. The molecule has 0 radical (unpaired) electrons. The lowest BCUT2D eigenvalue weighted by Gasteiger charge is -2.04. The largest absolute Gasteiger partial charge is 0.298 e. The van der Waals surface area contributed by atoms with E-state index in [1.165, 1.54) is 12.1 Å². The SMILES string of the molecule is O=Cc1ccccc1CCCCn1c(=O)c2cc3c(=O)n(CCCCc4ccccc4C=O)c(=O)c3cc2c1=O. The minimum absolute atomic E-state index is 0.142. The van der Waals surface area contributed by atoms with Crippen LogP contribution in [0.4, 0.5) is 0 Å². The van der Waals surface area contributed by atoms with Crippen LogP contribution >= 0.6 is 0 Å². The first-order chi connectivity index (χ1) is 19.4. The molecule has 0 saturated heterocycles. The molecule has 0 aliphatic heterocycles. The third kappa shape index (κ3) is 5.00. The van der Waals surface area contributed by atoms with E-state index in [0.717, 1.165) is 32.8 Å². The second-order valence-corrected chi connectivity index (χ2v) is 10.0. The summed E-state index contributed by atoms with van der Waals surface area (Å²) in [5.41, 5.74) is 1.22. The Morgan fingerprint density at radius 2 is 0.850 bits per heavy atom.